The molecule has 0 N–H and O–H groups in total. The first kappa shape index (κ1) is 25.2. The van der Waals surface area contributed by atoms with Crippen LogP contribution in [0.4, 0.5) is 13.2 Å². The monoisotopic (exact) mass is 484 g/mol. The lowest BCUT2D eigenvalue weighted by atomic mass is 10.1. The van der Waals surface area contributed by atoms with Crippen LogP contribution in [0.3, 0.4) is 0 Å². The molecule has 1 aliphatic rings. The molecule has 1 saturated heterocycles. The molecule has 3 rings (SSSR count). The maximum absolute atomic E-state index is 13.0. The van der Waals surface area contributed by atoms with Crippen LogP contribution in [0.15, 0.2) is 66.1 Å². The molecule has 0 radical (unpaired) electrons. The van der Waals surface area contributed by atoms with E-state index in [9.17, 15) is 21.6 Å². The lowest BCUT2D eigenvalue weighted by Gasteiger charge is -2.35. The second-order valence-corrected chi connectivity index (χ2v) is 9.56. The summed E-state index contributed by atoms with van der Waals surface area (Å²) in [4.78, 5) is 1.72. The van der Waals surface area contributed by atoms with Crippen LogP contribution in [0.5, 0.6) is 5.75 Å². The average Bonchev–Trinajstić information content (AvgIpc) is 2.81. The average molecular weight is 485 g/mol. The number of methoxy groups -OCH3 is 1. The van der Waals surface area contributed by atoms with E-state index in [1.807, 2.05) is 24.3 Å². The lowest BCUT2D eigenvalue weighted by molar-refractivity contribution is -0.137. The first-order chi connectivity index (χ1) is 15.6. The van der Waals surface area contributed by atoms with Crippen LogP contribution in [-0.4, -0.2) is 64.1 Å². The van der Waals surface area contributed by atoms with Crippen molar-refractivity contribution in [3.05, 3.63) is 72.3 Å². The van der Waals surface area contributed by atoms with Crippen molar-refractivity contribution >= 4 is 10.0 Å². The van der Waals surface area contributed by atoms with Gasteiger partial charge in [0.25, 0.3) is 0 Å². The van der Waals surface area contributed by atoms with E-state index in [4.69, 9.17) is 9.47 Å². The van der Waals surface area contributed by atoms with Gasteiger partial charge in [0, 0.05) is 32.7 Å². The van der Waals surface area contributed by atoms with Crippen molar-refractivity contribution in [3.8, 4) is 5.75 Å². The highest BCUT2D eigenvalue weighted by Crippen LogP contribution is 2.31. The summed E-state index contributed by atoms with van der Waals surface area (Å²) in [5, 5.41) is 0. The summed E-state index contributed by atoms with van der Waals surface area (Å²) in [7, 11) is -2.44. The molecule has 0 bridgehead atoms. The molecule has 2 aromatic rings. The third-order valence-corrected chi connectivity index (χ3v) is 7.33. The van der Waals surface area contributed by atoms with Gasteiger partial charge >= 0.3 is 6.18 Å². The highest BCUT2D eigenvalue weighted by molar-refractivity contribution is 7.89. The Labute approximate surface area is 192 Å². The Morgan fingerprint density at radius 1 is 1.09 bits per heavy atom. The summed E-state index contributed by atoms with van der Waals surface area (Å²) < 4.78 is 77.3. The first-order valence-electron chi connectivity index (χ1n) is 10.4. The van der Waals surface area contributed by atoms with E-state index in [1.165, 1.54) is 10.4 Å². The fourth-order valence-corrected chi connectivity index (χ4v) is 5.12. The number of benzene rings is 2. The molecule has 0 aliphatic carbocycles. The maximum Gasteiger partial charge on any atom is 0.416 e. The molecule has 2 aromatic carbocycles. The molecule has 1 heterocycles. The van der Waals surface area contributed by atoms with Crippen LogP contribution in [0, 0.1) is 0 Å². The smallest absolute Gasteiger partial charge is 0.416 e. The van der Waals surface area contributed by atoms with Crippen molar-refractivity contribution in [1.82, 2.24) is 9.21 Å². The summed E-state index contributed by atoms with van der Waals surface area (Å²) in [5.74, 6) is 0.705. The predicted molar refractivity (Wildman–Crippen MR) is 119 cm³/mol. The predicted octanol–water partition coefficient (Wildman–Crippen LogP) is 3.96. The molecule has 180 valence electrons. The number of ether oxygens (including phenoxy) is 2. The molecular formula is C23H27F3N2O4S. The van der Waals surface area contributed by atoms with Gasteiger partial charge in [-0.15, -0.1) is 6.58 Å². The van der Waals surface area contributed by atoms with Gasteiger partial charge in [0.05, 0.1) is 30.3 Å². The molecule has 10 heteroatoms. The zero-order valence-electron chi connectivity index (χ0n) is 18.3. The second kappa shape index (κ2) is 10.7. The molecule has 0 aromatic heterocycles. The molecule has 33 heavy (non-hydrogen) atoms. The van der Waals surface area contributed by atoms with Gasteiger partial charge in [-0.25, -0.2) is 8.42 Å². The topological polar surface area (TPSA) is 59.1 Å². The number of nitrogens with zero attached hydrogens (tertiary/aromatic N) is 2. The van der Waals surface area contributed by atoms with Crippen LogP contribution < -0.4 is 4.74 Å². The van der Waals surface area contributed by atoms with Crippen molar-refractivity contribution in [3.63, 3.8) is 0 Å². The highest BCUT2D eigenvalue weighted by atomic mass is 32.2. The van der Waals surface area contributed by atoms with Gasteiger partial charge < -0.3 is 9.47 Å². The highest BCUT2D eigenvalue weighted by Gasteiger charge is 2.34. The molecule has 0 spiro atoms. The number of hydrogen-bond donors (Lipinski definition) is 0. The Balaban J connectivity index is 1.68. The minimum Gasteiger partial charge on any atom is -0.497 e. The fourth-order valence-electron chi connectivity index (χ4n) is 3.65. The van der Waals surface area contributed by atoms with E-state index in [-0.39, 0.29) is 24.1 Å². The number of hydrogen-bond acceptors (Lipinski definition) is 5. The van der Waals surface area contributed by atoms with Crippen molar-refractivity contribution in [2.45, 2.75) is 17.2 Å². The third kappa shape index (κ3) is 6.35. The Morgan fingerprint density at radius 3 is 2.42 bits per heavy atom. The van der Waals surface area contributed by atoms with Gasteiger partial charge in [0.15, 0.2) is 0 Å². The van der Waals surface area contributed by atoms with Gasteiger partial charge in [0.2, 0.25) is 10.0 Å². The van der Waals surface area contributed by atoms with Crippen molar-refractivity contribution < 1.29 is 31.1 Å². The molecule has 1 unspecified atom stereocenters. The SMILES string of the molecule is C=CCOC(CN1CCN(S(=O)(=O)c2cccc(C(F)(F)F)c2)CC1)c1cccc(OC)c1. The summed E-state index contributed by atoms with van der Waals surface area (Å²) in [6, 6.07) is 11.4. The second-order valence-electron chi connectivity index (χ2n) is 7.62. The molecule has 6 nitrogen and oxygen atoms in total. The minimum atomic E-state index is -4.61. The molecule has 0 amide bonds. The van der Waals surface area contributed by atoms with E-state index in [1.54, 1.807) is 13.2 Å². The number of piperazine rings is 1. The minimum absolute atomic E-state index is 0.171. The standard InChI is InChI=1S/C23H27F3N2O4S/c1-3-14-32-22(18-6-4-8-20(15-18)31-2)17-27-10-12-28(13-11-27)33(29,30)21-9-5-7-19(16-21)23(24,25)26/h3-9,15-16,22H,1,10-14,17H2,2H3. The van der Waals surface area contributed by atoms with Gasteiger partial charge in [-0.2, -0.15) is 17.5 Å². The van der Waals surface area contributed by atoms with Gasteiger partial charge in [-0.3, -0.25) is 4.90 Å². The molecule has 1 atom stereocenters. The Morgan fingerprint density at radius 2 is 1.79 bits per heavy atom. The Bertz CT molecular complexity index is 1050. The van der Waals surface area contributed by atoms with Crippen LogP contribution >= 0.6 is 0 Å². The summed E-state index contributed by atoms with van der Waals surface area (Å²) in [6.45, 7) is 5.76. The maximum atomic E-state index is 13.0. The normalized spacial score (nSPS) is 17.0. The summed E-state index contributed by atoms with van der Waals surface area (Å²) in [5.41, 5.74) is -0.0575. The summed E-state index contributed by atoms with van der Waals surface area (Å²) in [6.07, 6.45) is -3.22. The van der Waals surface area contributed by atoms with E-state index in [0.29, 0.717) is 38.1 Å². The number of sulfonamides is 1. The van der Waals surface area contributed by atoms with Crippen LogP contribution in [0.1, 0.15) is 17.2 Å². The van der Waals surface area contributed by atoms with Gasteiger partial charge in [0.1, 0.15) is 5.75 Å². The number of alkyl halides is 3. The van der Waals surface area contributed by atoms with E-state index in [2.05, 4.69) is 11.5 Å². The first-order valence-corrected chi connectivity index (χ1v) is 11.9. The molecular weight excluding hydrogens is 457 g/mol. The van der Waals surface area contributed by atoms with E-state index in [0.717, 1.165) is 17.7 Å². The van der Waals surface area contributed by atoms with Crippen LogP contribution in [0.25, 0.3) is 0 Å². The lowest BCUT2D eigenvalue weighted by Crippen LogP contribution is -2.49. The number of halogens is 3. The van der Waals surface area contributed by atoms with Gasteiger partial charge in [-0.1, -0.05) is 24.3 Å². The quantitative estimate of drug-likeness (QED) is 0.505. The summed E-state index contributed by atoms with van der Waals surface area (Å²) >= 11 is 0. The zero-order valence-corrected chi connectivity index (χ0v) is 19.1. The molecule has 1 aliphatic heterocycles. The van der Waals surface area contributed by atoms with E-state index < -0.39 is 21.8 Å². The van der Waals surface area contributed by atoms with Crippen molar-refractivity contribution in [1.29, 1.82) is 0 Å². The third-order valence-electron chi connectivity index (χ3n) is 5.44. The Kier molecular flexibility index (Phi) is 8.17. The van der Waals surface area contributed by atoms with Crippen molar-refractivity contribution in [2.24, 2.45) is 0 Å². The fraction of sp³-hybridized carbons (Fsp3) is 0.391. The largest absolute Gasteiger partial charge is 0.497 e. The van der Waals surface area contributed by atoms with Crippen LogP contribution in [-0.2, 0) is 20.9 Å². The molecule has 1 fully saturated rings. The van der Waals surface area contributed by atoms with Gasteiger partial charge in [-0.05, 0) is 35.9 Å². The van der Waals surface area contributed by atoms with E-state index >= 15 is 0 Å². The number of rotatable bonds is 9. The molecule has 0 saturated carbocycles. The van der Waals surface area contributed by atoms with Crippen molar-refractivity contribution in [2.75, 3.05) is 46.4 Å². The van der Waals surface area contributed by atoms with Crippen LogP contribution in [0.2, 0.25) is 0 Å². The zero-order chi connectivity index (χ0) is 24.1. The Hall–Kier alpha value is -2.40.